The van der Waals surface area contributed by atoms with Gasteiger partial charge in [-0.15, -0.1) is 0 Å². The molecule has 2 aromatic heterocycles. The van der Waals surface area contributed by atoms with Crippen LogP contribution in [0, 0.1) is 0 Å². The molecule has 0 fully saturated rings. The fraction of sp³-hybridized carbons (Fsp3) is 0. The average molecular weight is 366 g/mol. The van der Waals surface area contributed by atoms with Gasteiger partial charge in [-0.1, -0.05) is 47.1 Å². The molecule has 0 unspecified atom stereocenters. The average Bonchev–Trinajstić information content (AvgIpc) is 3.30. The molecule has 0 aliphatic rings. The van der Waals surface area contributed by atoms with E-state index >= 15 is 0 Å². The second kappa shape index (κ2) is 6.50. The molecule has 4 rings (SSSR count). The number of H-pyrrole nitrogens is 1. The van der Waals surface area contributed by atoms with Crippen LogP contribution in [-0.4, -0.2) is 21.8 Å². The van der Waals surface area contributed by atoms with Crippen molar-refractivity contribution in [1.82, 2.24) is 10.1 Å². The summed E-state index contributed by atoms with van der Waals surface area (Å²) in [6.45, 7) is 0. The van der Waals surface area contributed by atoms with Crippen molar-refractivity contribution in [3.05, 3.63) is 82.8 Å². The number of anilines is 1. The van der Waals surface area contributed by atoms with Crippen molar-refractivity contribution in [2.45, 2.75) is 0 Å². The van der Waals surface area contributed by atoms with E-state index in [1.54, 1.807) is 42.5 Å². The highest BCUT2D eigenvalue weighted by Crippen LogP contribution is 2.31. The third-order valence-corrected chi connectivity index (χ3v) is 4.16. The van der Waals surface area contributed by atoms with Gasteiger partial charge in [0.15, 0.2) is 0 Å². The molecule has 2 heterocycles. The molecule has 0 spiro atoms. The Morgan fingerprint density at radius 2 is 1.88 bits per heavy atom. The normalized spacial score (nSPS) is 10.8. The molecule has 6 nitrogen and oxygen atoms in total. The van der Waals surface area contributed by atoms with Gasteiger partial charge in [0.25, 0.3) is 5.91 Å². The van der Waals surface area contributed by atoms with Gasteiger partial charge in [-0.05, 0) is 18.2 Å². The Morgan fingerprint density at radius 3 is 2.62 bits per heavy atom. The van der Waals surface area contributed by atoms with Crippen LogP contribution in [0.15, 0.2) is 65.3 Å². The van der Waals surface area contributed by atoms with E-state index in [2.05, 4.69) is 15.5 Å². The van der Waals surface area contributed by atoms with Crippen LogP contribution < -0.4 is 5.32 Å². The molecule has 0 saturated heterocycles. The standard InChI is InChI=1S/C19H12ClN3O3/c20-12-6-7-13-14(10-12)22-17(18(24)11-4-2-1-3-5-11)16(13)23-19(25)15-8-9-21-26-15/h1-10,22H,(H,23,25). The number of fused-ring (bicyclic) bond motifs is 1. The van der Waals surface area contributed by atoms with Crippen LogP contribution in [0.25, 0.3) is 10.9 Å². The number of hydrogen-bond donors (Lipinski definition) is 2. The molecular formula is C19H12ClN3O3. The third kappa shape index (κ3) is 2.87. The molecule has 0 bridgehead atoms. The lowest BCUT2D eigenvalue weighted by molar-refractivity contribution is 0.0988. The number of nitrogens with zero attached hydrogens (tertiary/aromatic N) is 1. The van der Waals surface area contributed by atoms with Crippen LogP contribution in [-0.2, 0) is 0 Å². The van der Waals surface area contributed by atoms with E-state index in [9.17, 15) is 9.59 Å². The van der Waals surface area contributed by atoms with E-state index in [0.29, 0.717) is 27.2 Å². The Balaban J connectivity index is 1.83. The van der Waals surface area contributed by atoms with Gasteiger partial charge in [0, 0.05) is 27.6 Å². The molecule has 2 aromatic carbocycles. The summed E-state index contributed by atoms with van der Waals surface area (Å²) >= 11 is 6.05. The number of carbonyl (C=O) groups excluding carboxylic acids is 2. The number of hydrogen-bond acceptors (Lipinski definition) is 4. The van der Waals surface area contributed by atoms with Crippen molar-refractivity contribution >= 4 is 39.9 Å². The first kappa shape index (κ1) is 16.1. The van der Waals surface area contributed by atoms with Gasteiger partial charge in [-0.25, -0.2) is 0 Å². The van der Waals surface area contributed by atoms with Gasteiger partial charge in [0.2, 0.25) is 11.5 Å². The Labute approximate surface area is 152 Å². The lowest BCUT2D eigenvalue weighted by Gasteiger charge is -2.05. The predicted molar refractivity (Wildman–Crippen MR) is 97.6 cm³/mol. The number of aromatic amines is 1. The minimum Gasteiger partial charge on any atom is -0.351 e. The molecule has 7 heteroatoms. The van der Waals surface area contributed by atoms with Gasteiger partial charge in [0.1, 0.15) is 5.69 Å². The summed E-state index contributed by atoms with van der Waals surface area (Å²) in [4.78, 5) is 28.4. The lowest BCUT2D eigenvalue weighted by atomic mass is 10.1. The molecular weight excluding hydrogens is 354 g/mol. The van der Waals surface area contributed by atoms with E-state index in [1.807, 2.05) is 6.07 Å². The van der Waals surface area contributed by atoms with Crippen molar-refractivity contribution in [3.63, 3.8) is 0 Å². The van der Waals surface area contributed by atoms with Gasteiger partial charge >= 0.3 is 0 Å². The van der Waals surface area contributed by atoms with E-state index in [1.165, 1.54) is 12.3 Å². The zero-order valence-corrected chi connectivity index (χ0v) is 14.1. The van der Waals surface area contributed by atoms with Gasteiger partial charge in [0.05, 0.1) is 11.9 Å². The van der Waals surface area contributed by atoms with Crippen molar-refractivity contribution in [2.24, 2.45) is 0 Å². The van der Waals surface area contributed by atoms with Crippen molar-refractivity contribution in [1.29, 1.82) is 0 Å². The van der Waals surface area contributed by atoms with E-state index in [0.717, 1.165) is 0 Å². The number of amides is 1. The molecule has 0 aliphatic heterocycles. The Kier molecular flexibility index (Phi) is 4.02. The summed E-state index contributed by atoms with van der Waals surface area (Å²) in [7, 11) is 0. The number of ketones is 1. The van der Waals surface area contributed by atoms with Crippen LogP contribution in [0.2, 0.25) is 5.02 Å². The monoisotopic (exact) mass is 365 g/mol. The minimum absolute atomic E-state index is 0.0476. The first-order chi connectivity index (χ1) is 12.6. The quantitative estimate of drug-likeness (QED) is 0.528. The second-order valence-corrected chi connectivity index (χ2v) is 6.03. The van der Waals surface area contributed by atoms with E-state index < -0.39 is 5.91 Å². The number of halogens is 1. The van der Waals surface area contributed by atoms with Crippen LogP contribution in [0.3, 0.4) is 0 Å². The summed E-state index contributed by atoms with van der Waals surface area (Å²) in [5, 5.41) is 7.45. The van der Waals surface area contributed by atoms with Crippen molar-refractivity contribution < 1.29 is 14.1 Å². The number of aromatic nitrogens is 2. The summed E-state index contributed by atoms with van der Waals surface area (Å²) in [5.74, 6) is -0.697. The number of nitrogens with one attached hydrogen (secondary N) is 2. The molecule has 1 amide bonds. The van der Waals surface area contributed by atoms with Gasteiger partial charge in [-0.2, -0.15) is 0 Å². The van der Waals surface area contributed by atoms with Crippen molar-refractivity contribution in [2.75, 3.05) is 5.32 Å². The summed E-state index contributed by atoms with van der Waals surface area (Å²) < 4.78 is 4.88. The molecule has 0 atom stereocenters. The van der Waals surface area contributed by atoms with Crippen molar-refractivity contribution in [3.8, 4) is 0 Å². The smallest absolute Gasteiger partial charge is 0.294 e. The molecule has 0 saturated carbocycles. The predicted octanol–water partition coefficient (Wildman–Crippen LogP) is 4.29. The zero-order chi connectivity index (χ0) is 18.1. The first-order valence-electron chi connectivity index (χ1n) is 7.76. The topological polar surface area (TPSA) is 88.0 Å². The first-order valence-corrected chi connectivity index (χ1v) is 8.14. The molecule has 4 aromatic rings. The second-order valence-electron chi connectivity index (χ2n) is 5.59. The largest absolute Gasteiger partial charge is 0.351 e. The Morgan fingerprint density at radius 1 is 1.08 bits per heavy atom. The fourth-order valence-corrected chi connectivity index (χ4v) is 2.88. The van der Waals surface area contributed by atoms with Gasteiger partial charge < -0.3 is 14.8 Å². The SMILES string of the molecule is O=C(Nc1c(C(=O)c2ccccc2)[nH]c2cc(Cl)ccc12)c1ccno1. The van der Waals surface area contributed by atoms with Crippen LogP contribution in [0.1, 0.15) is 26.6 Å². The fourth-order valence-electron chi connectivity index (χ4n) is 2.71. The van der Waals surface area contributed by atoms with E-state index in [4.69, 9.17) is 16.1 Å². The van der Waals surface area contributed by atoms with Crippen LogP contribution in [0.4, 0.5) is 5.69 Å². The summed E-state index contributed by atoms with van der Waals surface area (Å²) in [6, 6.07) is 15.4. The Bertz CT molecular complexity index is 1100. The summed E-state index contributed by atoms with van der Waals surface area (Å²) in [5.41, 5.74) is 1.78. The molecule has 128 valence electrons. The number of carbonyl (C=O) groups is 2. The highest BCUT2D eigenvalue weighted by molar-refractivity contribution is 6.31. The number of benzene rings is 2. The molecule has 2 N–H and O–H groups in total. The number of rotatable bonds is 4. The third-order valence-electron chi connectivity index (χ3n) is 3.92. The lowest BCUT2D eigenvalue weighted by Crippen LogP contribution is -2.14. The summed E-state index contributed by atoms with van der Waals surface area (Å²) in [6.07, 6.45) is 1.37. The molecule has 26 heavy (non-hydrogen) atoms. The van der Waals surface area contributed by atoms with Crippen LogP contribution in [0.5, 0.6) is 0 Å². The maximum Gasteiger partial charge on any atom is 0.294 e. The van der Waals surface area contributed by atoms with Crippen LogP contribution >= 0.6 is 11.6 Å². The van der Waals surface area contributed by atoms with Gasteiger partial charge in [-0.3, -0.25) is 9.59 Å². The molecule has 0 radical (unpaired) electrons. The zero-order valence-electron chi connectivity index (χ0n) is 13.3. The molecule has 0 aliphatic carbocycles. The highest BCUT2D eigenvalue weighted by Gasteiger charge is 2.22. The highest BCUT2D eigenvalue weighted by atomic mass is 35.5. The van der Waals surface area contributed by atoms with E-state index in [-0.39, 0.29) is 17.2 Å². The maximum atomic E-state index is 12.9. The maximum absolute atomic E-state index is 12.9. The minimum atomic E-state index is -0.500. The Hall–Kier alpha value is -3.38.